The van der Waals surface area contributed by atoms with Crippen molar-refractivity contribution in [3.8, 4) is 0 Å². The molecule has 1 spiro atoms. The van der Waals surface area contributed by atoms with Gasteiger partial charge in [-0.3, -0.25) is 4.90 Å². The zero-order chi connectivity index (χ0) is 13.9. The summed E-state index contributed by atoms with van der Waals surface area (Å²) in [5, 5.41) is 3.93. The number of nitrogens with one attached hydrogen (secondary N) is 1. The summed E-state index contributed by atoms with van der Waals surface area (Å²) in [7, 11) is 0. The molecule has 1 unspecified atom stereocenters. The first-order valence-electron chi connectivity index (χ1n) is 8.46. The number of unbranched alkanes of at least 4 members (excludes halogenated alkanes) is 2. The lowest BCUT2D eigenvalue weighted by atomic mass is 9.81. The van der Waals surface area contributed by atoms with E-state index < -0.39 is 0 Å². The first-order chi connectivity index (χ1) is 8.97. The molecule has 112 valence electrons. The molecule has 2 fully saturated rings. The highest BCUT2D eigenvalue weighted by molar-refractivity contribution is 5.03. The van der Waals surface area contributed by atoms with Crippen LogP contribution in [0.2, 0.25) is 0 Å². The fourth-order valence-electron chi connectivity index (χ4n) is 4.04. The van der Waals surface area contributed by atoms with Crippen LogP contribution in [0.1, 0.15) is 72.6 Å². The Morgan fingerprint density at radius 1 is 1.16 bits per heavy atom. The van der Waals surface area contributed by atoms with Gasteiger partial charge in [0.2, 0.25) is 0 Å². The van der Waals surface area contributed by atoms with Gasteiger partial charge >= 0.3 is 0 Å². The van der Waals surface area contributed by atoms with E-state index in [0.29, 0.717) is 17.0 Å². The molecular formula is C17H34N2. The Morgan fingerprint density at radius 3 is 2.42 bits per heavy atom. The van der Waals surface area contributed by atoms with Crippen molar-refractivity contribution in [2.24, 2.45) is 5.41 Å². The number of hydrogen-bond acceptors (Lipinski definition) is 2. The van der Waals surface area contributed by atoms with Gasteiger partial charge in [0.15, 0.2) is 0 Å². The fourth-order valence-corrected chi connectivity index (χ4v) is 4.04. The molecule has 2 rings (SSSR count). The molecule has 0 aromatic heterocycles. The van der Waals surface area contributed by atoms with Gasteiger partial charge in [-0.15, -0.1) is 0 Å². The number of nitrogens with zero attached hydrogens (tertiary/aromatic N) is 1. The maximum atomic E-state index is 3.93. The highest BCUT2D eigenvalue weighted by atomic mass is 15.3. The Bertz CT molecular complexity index is 273. The summed E-state index contributed by atoms with van der Waals surface area (Å²) >= 11 is 0. The van der Waals surface area contributed by atoms with E-state index in [9.17, 15) is 0 Å². The number of hydrogen-bond donors (Lipinski definition) is 1. The van der Waals surface area contributed by atoms with Crippen molar-refractivity contribution in [3.63, 3.8) is 0 Å². The van der Waals surface area contributed by atoms with Crippen LogP contribution in [0.15, 0.2) is 0 Å². The van der Waals surface area contributed by atoms with Crippen LogP contribution >= 0.6 is 0 Å². The van der Waals surface area contributed by atoms with E-state index in [0.717, 1.165) is 0 Å². The lowest BCUT2D eigenvalue weighted by molar-refractivity contribution is 0.0227. The van der Waals surface area contributed by atoms with Crippen molar-refractivity contribution in [3.05, 3.63) is 0 Å². The van der Waals surface area contributed by atoms with Crippen molar-refractivity contribution >= 4 is 0 Å². The van der Waals surface area contributed by atoms with Crippen molar-refractivity contribution in [1.29, 1.82) is 0 Å². The lowest BCUT2D eigenvalue weighted by Gasteiger charge is -2.51. The van der Waals surface area contributed by atoms with Gasteiger partial charge in [0.1, 0.15) is 0 Å². The van der Waals surface area contributed by atoms with Crippen LogP contribution in [-0.4, -0.2) is 36.1 Å². The minimum atomic E-state index is 0.388. The average Bonchev–Trinajstić information content (AvgIpc) is 2.76. The summed E-state index contributed by atoms with van der Waals surface area (Å²) in [4.78, 5) is 2.82. The molecule has 0 amide bonds. The van der Waals surface area contributed by atoms with E-state index >= 15 is 0 Å². The van der Waals surface area contributed by atoms with Crippen LogP contribution in [0.25, 0.3) is 0 Å². The predicted molar refractivity (Wildman–Crippen MR) is 83.5 cm³/mol. The van der Waals surface area contributed by atoms with Crippen LogP contribution in [0.3, 0.4) is 0 Å². The smallest absolute Gasteiger partial charge is 0.0309 e. The molecule has 2 heteroatoms. The van der Waals surface area contributed by atoms with E-state index in [4.69, 9.17) is 0 Å². The second-order valence-electron chi connectivity index (χ2n) is 7.93. The van der Waals surface area contributed by atoms with Gasteiger partial charge in [-0.05, 0) is 31.2 Å². The summed E-state index contributed by atoms with van der Waals surface area (Å²) in [5.74, 6) is 0. The molecule has 0 aromatic rings. The average molecular weight is 266 g/mol. The van der Waals surface area contributed by atoms with E-state index in [-0.39, 0.29) is 0 Å². The zero-order valence-corrected chi connectivity index (χ0v) is 13.6. The summed E-state index contributed by atoms with van der Waals surface area (Å²) in [5.41, 5.74) is 0.855. The second-order valence-corrected chi connectivity index (χ2v) is 7.93. The summed E-state index contributed by atoms with van der Waals surface area (Å²) in [6.07, 6.45) is 9.73. The van der Waals surface area contributed by atoms with Crippen molar-refractivity contribution < 1.29 is 0 Å². The zero-order valence-electron chi connectivity index (χ0n) is 13.6. The third-order valence-corrected chi connectivity index (χ3v) is 5.23. The molecule has 1 aliphatic carbocycles. The molecule has 1 aliphatic heterocycles. The largest absolute Gasteiger partial charge is 0.308 e. The molecule has 1 atom stereocenters. The summed E-state index contributed by atoms with van der Waals surface area (Å²) in [6, 6.07) is 0.704. The van der Waals surface area contributed by atoms with E-state index in [2.05, 4.69) is 37.9 Å². The maximum absolute atomic E-state index is 3.93. The minimum absolute atomic E-state index is 0.388. The fraction of sp³-hybridized carbons (Fsp3) is 1.00. The van der Waals surface area contributed by atoms with Crippen LogP contribution < -0.4 is 5.32 Å². The van der Waals surface area contributed by atoms with Gasteiger partial charge in [0.05, 0.1) is 0 Å². The van der Waals surface area contributed by atoms with E-state index in [1.54, 1.807) is 0 Å². The first kappa shape index (κ1) is 15.3. The van der Waals surface area contributed by atoms with Crippen LogP contribution in [0.4, 0.5) is 0 Å². The van der Waals surface area contributed by atoms with Crippen LogP contribution in [0, 0.1) is 5.41 Å². The normalized spacial score (nSPS) is 28.1. The molecule has 0 aromatic carbocycles. The third-order valence-electron chi connectivity index (χ3n) is 5.23. The monoisotopic (exact) mass is 266 g/mol. The molecular weight excluding hydrogens is 232 g/mol. The molecule has 1 N–H and O–H groups in total. The molecule has 19 heavy (non-hydrogen) atoms. The Morgan fingerprint density at radius 2 is 1.84 bits per heavy atom. The van der Waals surface area contributed by atoms with Crippen LogP contribution in [-0.2, 0) is 0 Å². The summed E-state index contributed by atoms with van der Waals surface area (Å²) in [6.45, 7) is 13.3. The van der Waals surface area contributed by atoms with Gasteiger partial charge in [0.25, 0.3) is 0 Å². The summed E-state index contributed by atoms with van der Waals surface area (Å²) < 4.78 is 0. The van der Waals surface area contributed by atoms with Crippen molar-refractivity contribution in [2.75, 3.05) is 19.6 Å². The Hall–Kier alpha value is -0.0800. The number of piperazine rings is 1. The minimum Gasteiger partial charge on any atom is -0.308 e. The lowest BCUT2D eigenvalue weighted by Crippen LogP contribution is -2.66. The van der Waals surface area contributed by atoms with Gasteiger partial charge in [-0.25, -0.2) is 0 Å². The molecule has 2 nitrogen and oxygen atoms in total. The third kappa shape index (κ3) is 3.72. The van der Waals surface area contributed by atoms with Gasteiger partial charge < -0.3 is 5.32 Å². The van der Waals surface area contributed by atoms with Crippen LogP contribution in [0.5, 0.6) is 0 Å². The SMILES string of the molecule is CCCCCN1CC2(CCCC2)NCC1C(C)(C)C. The van der Waals surface area contributed by atoms with E-state index in [1.165, 1.54) is 64.6 Å². The highest BCUT2D eigenvalue weighted by Crippen LogP contribution is 2.36. The highest BCUT2D eigenvalue weighted by Gasteiger charge is 2.43. The Kier molecular flexibility index (Phi) is 4.94. The van der Waals surface area contributed by atoms with E-state index in [1.807, 2.05) is 0 Å². The molecule has 1 saturated heterocycles. The topological polar surface area (TPSA) is 15.3 Å². The van der Waals surface area contributed by atoms with Crippen molar-refractivity contribution in [2.45, 2.75) is 84.2 Å². The standard InChI is InChI=1S/C17H34N2/c1-5-6-9-12-19-14-17(10-7-8-11-17)18-13-15(19)16(2,3)4/h15,18H,5-14H2,1-4H3. The molecule has 0 bridgehead atoms. The molecule has 0 radical (unpaired) electrons. The molecule has 1 saturated carbocycles. The number of rotatable bonds is 4. The van der Waals surface area contributed by atoms with Gasteiger partial charge in [-0.2, -0.15) is 0 Å². The Balaban J connectivity index is 2.00. The van der Waals surface area contributed by atoms with Crippen molar-refractivity contribution in [1.82, 2.24) is 10.2 Å². The second kappa shape index (κ2) is 6.13. The quantitative estimate of drug-likeness (QED) is 0.778. The maximum Gasteiger partial charge on any atom is 0.0309 e. The van der Waals surface area contributed by atoms with Gasteiger partial charge in [-0.1, -0.05) is 53.4 Å². The Labute approximate surface area is 120 Å². The molecule has 2 aliphatic rings. The van der Waals surface area contributed by atoms with Gasteiger partial charge in [0, 0.05) is 24.7 Å². The predicted octanol–water partition coefficient (Wildman–Crippen LogP) is 3.81. The first-order valence-corrected chi connectivity index (χ1v) is 8.46. The molecule has 1 heterocycles.